The number of hydrazone groups is 1. The molecule has 3 aliphatic rings. The summed E-state index contributed by atoms with van der Waals surface area (Å²) >= 11 is 0. The summed E-state index contributed by atoms with van der Waals surface area (Å²) in [6.45, 7) is 5.19. The van der Waals surface area contributed by atoms with Gasteiger partial charge in [0, 0.05) is 37.7 Å². The van der Waals surface area contributed by atoms with E-state index in [1.165, 1.54) is 18.5 Å². The number of halogens is 1. The van der Waals surface area contributed by atoms with Crippen LogP contribution in [0.5, 0.6) is 0 Å². The number of carbonyl (C=O) groups excluding carboxylic acids is 1. The third-order valence-corrected chi connectivity index (χ3v) is 7.10. The van der Waals surface area contributed by atoms with Gasteiger partial charge in [0.15, 0.2) is 0 Å². The lowest BCUT2D eigenvalue weighted by molar-refractivity contribution is -0.140. The maximum atomic E-state index is 14.1. The molecule has 1 saturated heterocycles. The molecule has 3 heterocycles. The maximum absolute atomic E-state index is 14.1. The van der Waals surface area contributed by atoms with E-state index in [2.05, 4.69) is 32.6 Å². The summed E-state index contributed by atoms with van der Waals surface area (Å²) in [4.78, 5) is 24.2. The number of rotatable bonds is 5. The van der Waals surface area contributed by atoms with Crippen LogP contribution in [0.1, 0.15) is 48.5 Å². The molecule has 5 rings (SSSR count). The van der Waals surface area contributed by atoms with Crippen LogP contribution in [0.3, 0.4) is 0 Å². The Hall–Kier alpha value is -3.60. The number of nitriles is 1. The third kappa shape index (κ3) is 3.88. The largest absolute Gasteiger partial charge is 0.356 e. The number of benzene rings is 1. The molecule has 1 aromatic heterocycles. The summed E-state index contributed by atoms with van der Waals surface area (Å²) in [5.74, 6) is 0.288. The Morgan fingerprint density at radius 2 is 2.18 bits per heavy atom. The van der Waals surface area contributed by atoms with Gasteiger partial charge in [0.25, 0.3) is 0 Å². The van der Waals surface area contributed by atoms with Crippen molar-refractivity contribution in [1.29, 1.82) is 5.26 Å². The van der Waals surface area contributed by atoms with Gasteiger partial charge < -0.3 is 4.90 Å². The molecule has 1 amide bonds. The summed E-state index contributed by atoms with van der Waals surface area (Å²) in [6, 6.07) is 8.20. The highest BCUT2D eigenvalue weighted by molar-refractivity contribution is 5.83. The minimum atomic E-state index is -0.314. The predicted octanol–water partition coefficient (Wildman–Crippen LogP) is 3.78. The standard InChI is InChI=1S/C25H25FN6O/c1-2-3-17-4-5-18(26)12-20(17)22-6-10-30-32(22)24(33)21-7-11-31(15-25(21)8-9-25)23-13-19(14-27)28-16-29-23/h2,4-5,10,12-13,16,21-22H,1,3,6-9,11,15H2. The highest BCUT2D eigenvalue weighted by Crippen LogP contribution is 2.57. The molecule has 7 nitrogen and oxygen atoms in total. The molecule has 1 aliphatic carbocycles. The third-order valence-electron chi connectivity index (χ3n) is 7.10. The van der Waals surface area contributed by atoms with Gasteiger partial charge in [0.1, 0.15) is 29.7 Å². The Bertz CT molecular complexity index is 1170. The highest BCUT2D eigenvalue weighted by atomic mass is 19.1. The second-order valence-corrected chi connectivity index (χ2v) is 9.07. The average Bonchev–Trinajstić information content (AvgIpc) is 3.41. The van der Waals surface area contributed by atoms with Crippen LogP contribution in [0, 0.1) is 28.5 Å². The zero-order valence-corrected chi connectivity index (χ0v) is 18.3. The highest BCUT2D eigenvalue weighted by Gasteiger charge is 2.56. The number of nitrogens with zero attached hydrogens (tertiary/aromatic N) is 6. The molecule has 0 radical (unpaired) electrons. The van der Waals surface area contributed by atoms with E-state index in [0.29, 0.717) is 31.5 Å². The normalized spacial score (nSPS) is 22.9. The van der Waals surface area contributed by atoms with Crippen molar-refractivity contribution in [1.82, 2.24) is 15.0 Å². The number of carbonyl (C=O) groups is 1. The predicted molar refractivity (Wildman–Crippen MR) is 122 cm³/mol. The van der Waals surface area contributed by atoms with Gasteiger partial charge in [-0.1, -0.05) is 12.1 Å². The van der Waals surface area contributed by atoms with Gasteiger partial charge in [0.2, 0.25) is 5.91 Å². The molecule has 168 valence electrons. The van der Waals surface area contributed by atoms with Crippen LogP contribution in [0.25, 0.3) is 0 Å². The van der Waals surface area contributed by atoms with Crippen LogP contribution in [0.2, 0.25) is 0 Å². The smallest absolute Gasteiger partial charge is 0.247 e. The van der Waals surface area contributed by atoms with Crippen molar-refractivity contribution in [3.8, 4) is 6.07 Å². The van der Waals surface area contributed by atoms with Gasteiger partial charge in [-0.3, -0.25) is 4.79 Å². The van der Waals surface area contributed by atoms with E-state index in [1.54, 1.807) is 29.4 Å². The topological polar surface area (TPSA) is 85.5 Å². The van der Waals surface area contributed by atoms with Gasteiger partial charge >= 0.3 is 0 Å². The first-order valence-electron chi connectivity index (χ1n) is 11.3. The van der Waals surface area contributed by atoms with Crippen LogP contribution < -0.4 is 4.90 Å². The first kappa shape index (κ1) is 21.3. The first-order chi connectivity index (χ1) is 16.0. The number of anilines is 1. The average molecular weight is 445 g/mol. The molecule has 0 bridgehead atoms. The molecule has 1 saturated carbocycles. The van der Waals surface area contributed by atoms with Crippen molar-refractivity contribution in [2.24, 2.45) is 16.4 Å². The number of piperidine rings is 1. The number of allylic oxidation sites excluding steroid dienone is 1. The molecule has 1 aromatic carbocycles. The fourth-order valence-corrected chi connectivity index (χ4v) is 5.25. The van der Waals surface area contributed by atoms with Crippen LogP contribution in [0.15, 0.2) is 48.3 Å². The second-order valence-electron chi connectivity index (χ2n) is 9.07. The first-order valence-corrected chi connectivity index (χ1v) is 11.3. The van der Waals surface area contributed by atoms with E-state index in [0.717, 1.165) is 36.3 Å². The molecule has 1 spiro atoms. The van der Waals surface area contributed by atoms with E-state index in [4.69, 9.17) is 5.26 Å². The number of aromatic nitrogens is 2. The van der Waals surface area contributed by atoms with Gasteiger partial charge in [-0.2, -0.15) is 10.4 Å². The van der Waals surface area contributed by atoms with E-state index in [9.17, 15) is 9.18 Å². The summed E-state index contributed by atoms with van der Waals surface area (Å²) in [5.41, 5.74) is 1.99. The number of hydrogen-bond donors (Lipinski definition) is 0. The minimum absolute atomic E-state index is 0.0140. The molecule has 8 heteroatoms. The van der Waals surface area contributed by atoms with Crippen LogP contribution in [-0.2, 0) is 11.2 Å². The molecule has 33 heavy (non-hydrogen) atoms. The summed E-state index contributed by atoms with van der Waals surface area (Å²) < 4.78 is 14.1. The fraction of sp³-hybridized carbons (Fsp3) is 0.400. The lowest BCUT2D eigenvalue weighted by atomic mass is 9.81. The lowest BCUT2D eigenvalue weighted by Crippen LogP contribution is -2.48. The quantitative estimate of drug-likeness (QED) is 0.655. The maximum Gasteiger partial charge on any atom is 0.247 e. The Morgan fingerprint density at radius 3 is 2.94 bits per heavy atom. The zero-order valence-electron chi connectivity index (χ0n) is 18.3. The van der Waals surface area contributed by atoms with E-state index in [1.807, 2.05) is 0 Å². The summed E-state index contributed by atoms with van der Waals surface area (Å²) in [5, 5.41) is 15.2. The van der Waals surface area contributed by atoms with Crippen molar-refractivity contribution in [2.75, 3.05) is 18.0 Å². The van der Waals surface area contributed by atoms with Crippen molar-refractivity contribution >= 4 is 17.9 Å². The van der Waals surface area contributed by atoms with E-state index >= 15 is 0 Å². The monoisotopic (exact) mass is 444 g/mol. The molecule has 2 aromatic rings. The van der Waals surface area contributed by atoms with Crippen LogP contribution >= 0.6 is 0 Å². The Kier molecular flexibility index (Phi) is 5.41. The van der Waals surface area contributed by atoms with Crippen molar-refractivity contribution < 1.29 is 9.18 Å². The Labute approximate surface area is 192 Å². The molecular formula is C25H25FN6O. The number of amides is 1. The molecule has 0 N–H and O–H groups in total. The van der Waals surface area contributed by atoms with Gasteiger partial charge in [-0.25, -0.2) is 19.4 Å². The van der Waals surface area contributed by atoms with Crippen molar-refractivity contribution in [2.45, 2.75) is 38.1 Å². The minimum Gasteiger partial charge on any atom is -0.356 e. The molecule has 2 fully saturated rings. The molecular weight excluding hydrogens is 419 g/mol. The fourth-order valence-electron chi connectivity index (χ4n) is 5.25. The summed E-state index contributed by atoms with van der Waals surface area (Å²) in [6.07, 6.45) is 8.77. The molecule has 2 aliphatic heterocycles. The van der Waals surface area contributed by atoms with Gasteiger partial charge in [-0.05, 0) is 54.4 Å². The van der Waals surface area contributed by atoms with E-state index < -0.39 is 0 Å². The van der Waals surface area contributed by atoms with Crippen LogP contribution in [-0.4, -0.2) is 40.2 Å². The van der Waals surface area contributed by atoms with Crippen LogP contribution in [0.4, 0.5) is 10.2 Å². The SMILES string of the molecule is C=CCc1ccc(F)cc1C1CC=NN1C(=O)C1CCN(c2cc(C#N)ncn2)CC12CC2. The Balaban J connectivity index is 1.37. The van der Waals surface area contributed by atoms with Crippen molar-refractivity contribution in [3.63, 3.8) is 0 Å². The Morgan fingerprint density at radius 1 is 1.33 bits per heavy atom. The second kappa shape index (κ2) is 8.39. The summed E-state index contributed by atoms with van der Waals surface area (Å²) in [7, 11) is 0. The zero-order chi connectivity index (χ0) is 23.0. The van der Waals surface area contributed by atoms with Gasteiger partial charge in [-0.15, -0.1) is 6.58 Å². The van der Waals surface area contributed by atoms with E-state index in [-0.39, 0.29) is 29.1 Å². The molecule has 2 unspecified atom stereocenters. The lowest BCUT2D eigenvalue weighted by Gasteiger charge is -2.40. The van der Waals surface area contributed by atoms with Gasteiger partial charge in [0.05, 0.1) is 6.04 Å². The van der Waals surface area contributed by atoms with Crippen molar-refractivity contribution in [3.05, 3.63) is 65.9 Å². The number of hydrogen-bond acceptors (Lipinski definition) is 6. The molecule has 2 atom stereocenters.